The van der Waals surface area contributed by atoms with Gasteiger partial charge in [-0.1, -0.05) is 0 Å². The molecule has 0 atom stereocenters. The van der Waals surface area contributed by atoms with E-state index in [0.29, 0.717) is 22.4 Å². The minimum atomic E-state index is -0.350. The van der Waals surface area contributed by atoms with Gasteiger partial charge in [0.05, 0.1) is 11.2 Å². The molecule has 3 heterocycles. The van der Waals surface area contributed by atoms with E-state index >= 15 is 0 Å². The van der Waals surface area contributed by atoms with Crippen LogP contribution >= 0.6 is 0 Å². The first-order valence-electron chi connectivity index (χ1n) is 9.47. The molecule has 140 valence electrons. The maximum Gasteiger partial charge on any atom is 0.321 e. The molecule has 0 amide bonds. The maximum atomic E-state index is 12.5. The quantitative estimate of drug-likeness (QED) is 0.756. The zero-order valence-electron chi connectivity index (χ0n) is 15.3. The summed E-state index contributed by atoms with van der Waals surface area (Å²) in [5.41, 5.74) is 1.71. The van der Waals surface area contributed by atoms with Gasteiger partial charge in [-0.3, -0.25) is 4.79 Å². The number of nitrogens with one attached hydrogen (secondary N) is 1. The van der Waals surface area contributed by atoms with E-state index < -0.39 is 0 Å². The van der Waals surface area contributed by atoms with Crippen LogP contribution in [0.4, 0.5) is 5.69 Å². The fourth-order valence-electron chi connectivity index (χ4n) is 4.08. The van der Waals surface area contributed by atoms with E-state index in [-0.39, 0.29) is 17.1 Å². The molecule has 1 aliphatic carbocycles. The van der Waals surface area contributed by atoms with Crippen LogP contribution in [0.15, 0.2) is 41.5 Å². The highest BCUT2D eigenvalue weighted by molar-refractivity contribution is 5.95. The molecule has 2 aliphatic rings. The molecule has 28 heavy (non-hydrogen) atoms. The number of benzene rings is 1. The standard InChI is InChI=1S/C21H19N5O2/c22-13-16-18(26-10-6-21(4-5-21)7-11-26)15-12-14(2-3-17(15)25-19(16)27)28-20-23-8-1-9-24-20/h1-3,8-9,12H,4-7,10-11H2,(H,25,27). The molecule has 1 aliphatic heterocycles. The van der Waals surface area contributed by atoms with Gasteiger partial charge in [0.15, 0.2) is 0 Å². The molecule has 3 aromatic rings. The third-order valence-electron chi connectivity index (χ3n) is 5.92. The lowest BCUT2D eigenvalue weighted by atomic mass is 9.92. The van der Waals surface area contributed by atoms with E-state index in [1.54, 1.807) is 30.6 Å². The number of nitriles is 1. The molecule has 0 radical (unpaired) electrons. The van der Waals surface area contributed by atoms with Crippen molar-refractivity contribution in [2.24, 2.45) is 5.41 Å². The van der Waals surface area contributed by atoms with Gasteiger partial charge in [0, 0.05) is 30.9 Å². The van der Waals surface area contributed by atoms with Crippen LogP contribution < -0.4 is 15.2 Å². The number of hydrogen-bond acceptors (Lipinski definition) is 6. The van der Waals surface area contributed by atoms with E-state index in [1.807, 2.05) is 6.07 Å². The van der Waals surface area contributed by atoms with E-state index in [9.17, 15) is 10.1 Å². The monoisotopic (exact) mass is 373 g/mol. The van der Waals surface area contributed by atoms with Gasteiger partial charge in [-0.25, -0.2) is 9.97 Å². The minimum Gasteiger partial charge on any atom is -0.424 e. The number of H-pyrrole nitrogens is 1. The number of rotatable bonds is 3. The Balaban J connectivity index is 1.60. The molecule has 1 saturated heterocycles. The number of anilines is 1. The van der Waals surface area contributed by atoms with Gasteiger partial charge in [-0.05, 0) is 55.4 Å². The number of fused-ring (bicyclic) bond motifs is 1. The van der Waals surface area contributed by atoms with Crippen molar-refractivity contribution in [3.63, 3.8) is 0 Å². The Morgan fingerprint density at radius 1 is 1.14 bits per heavy atom. The van der Waals surface area contributed by atoms with Gasteiger partial charge >= 0.3 is 6.01 Å². The molecule has 0 bridgehead atoms. The summed E-state index contributed by atoms with van der Waals surface area (Å²) in [5.74, 6) is 0.562. The van der Waals surface area contributed by atoms with Gasteiger partial charge in [-0.15, -0.1) is 0 Å². The van der Waals surface area contributed by atoms with Gasteiger partial charge < -0.3 is 14.6 Å². The third kappa shape index (κ3) is 2.87. The lowest BCUT2D eigenvalue weighted by Crippen LogP contribution is -2.36. The van der Waals surface area contributed by atoms with Crippen LogP contribution in [0.5, 0.6) is 11.8 Å². The number of aromatic nitrogens is 3. The van der Waals surface area contributed by atoms with Crippen molar-refractivity contribution in [1.82, 2.24) is 15.0 Å². The number of piperidine rings is 1. The zero-order chi connectivity index (χ0) is 19.1. The van der Waals surface area contributed by atoms with Gasteiger partial charge in [0.1, 0.15) is 17.4 Å². The van der Waals surface area contributed by atoms with Crippen LogP contribution in [-0.4, -0.2) is 28.0 Å². The second-order valence-corrected chi connectivity index (χ2v) is 7.62. The van der Waals surface area contributed by atoms with Crippen molar-refractivity contribution in [1.29, 1.82) is 5.26 Å². The Morgan fingerprint density at radius 2 is 1.89 bits per heavy atom. The lowest BCUT2D eigenvalue weighted by molar-refractivity contribution is 0.384. The normalized spacial score (nSPS) is 17.5. The predicted octanol–water partition coefficient (Wildman–Crippen LogP) is 3.36. The fraction of sp³-hybridized carbons (Fsp3) is 0.333. The molecule has 7 heteroatoms. The Morgan fingerprint density at radius 3 is 2.57 bits per heavy atom. The number of nitrogens with zero attached hydrogens (tertiary/aromatic N) is 4. The Bertz CT molecular complexity index is 1140. The molecular formula is C21H19N5O2. The molecule has 2 fully saturated rings. The average molecular weight is 373 g/mol. The van der Waals surface area contributed by atoms with Crippen molar-refractivity contribution < 1.29 is 4.74 Å². The van der Waals surface area contributed by atoms with Crippen LogP contribution in [0, 0.1) is 16.7 Å². The van der Waals surface area contributed by atoms with Crippen molar-refractivity contribution in [2.45, 2.75) is 25.7 Å². The van der Waals surface area contributed by atoms with E-state index in [1.165, 1.54) is 12.8 Å². The second kappa shape index (κ2) is 6.34. The van der Waals surface area contributed by atoms with Gasteiger partial charge in [-0.2, -0.15) is 5.26 Å². The highest BCUT2D eigenvalue weighted by atomic mass is 16.5. The van der Waals surface area contributed by atoms with E-state index in [4.69, 9.17) is 4.74 Å². The first-order chi connectivity index (χ1) is 13.7. The summed E-state index contributed by atoms with van der Waals surface area (Å²) in [7, 11) is 0. The van der Waals surface area contributed by atoms with Crippen molar-refractivity contribution in [3.05, 3.63) is 52.6 Å². The summed E-state index contributed by atoms with van der Waals surface area (Å²) in [4.78, 5) is 25.7. The van der Waals surface area contributed by atoms with Crippen LogP contribution in [0.3, 0.4) is 0 Å². The summed E-state index contributed by atoms with van der Waals surface area (Å²) in [6, 6.07) is 9.49. The SMILES string of the molecule is N#Cc1c(N2CCC3(CC2)CC3)c2cc(Oc3ncccn3)ccc2[nH]c1=O. The predicted molar refractivity (Wildman–Crippen MR) is 105 cm³/mol. The first-order valence-corrected chi connectivity index (χ1v) is 9.47. The van der Waals surface area contributed by atoms with Gasteiger partial charge in [0.25, 0.3) is 5.56 Å². The van der Waals surface area contributed by atoms with Crippen LogP contribution in [0.1, 0.15) is 31.2 Å². The molecular weight excluding hydrogens is 354 g/mol. The Hall–Kier alpha value is -3.40. The summed E-state index contributed by atoms with van der Waals surface area (Å²) in [6.07, 6.45) is 8.05. The molecule has 1 spiro atoms. The van der Waals surface area contributed by atoms with E-state index in [2.05, 4.69) is 25.9 Å². The summed E-state index contributed by atoms with van der Waals surface area (Å²) >= 11 is 0. The molecule has 1 N–H and O–H groups in total. The minimum absolute atomic E-state index is 0.160. The van der Waals surface area contributed by atoms with Crippen LogP contribution in [-0.2, 0) is 0 Å². The largest absolute Gasteiger partial charge is 0.424 e. The van der Waals surface area contributed by atoms with Crippen LogP contribution in [0.25, 0.3) is 10.9 Å². The third-order valence-corrected chi connectivity index (χ3v) is 5.92. The van der Waals surface area contributed by atoms with Crippen molar-refractivity contribution in [3.8, 4) is 17.8 Å². The molecule has 1 saturated carbocycles. The lowest BCUT2D eigenvalue weighted by Gasteiger charge is -2.34. The molecule has 0 unspecified atom stereocenters. The number of aromatic amines is 1. The smallest absolute Gasteiger partial charge is 0.321 e. The highest BCUT2D eigenvalue weighted by Gasteiger charge is 2.44. The summed E-state index contributed by atoms with van der Waals surface area (Å²) in [5, 5.41) is 10.5. The van der Waals surface area contributed by atoms with Crippen molar-refractivity contribution >= 4 is 16.6 Å². The number of pyridine rings is 1. The van der Waals surface area contributed by atoms with Crippen molar-refractivity contribution in [2.75, 3.05) is 18.0 Å². The topological polar surface area (TPSA) is 94.9 Å². The Labute approximate surface area is 161 Å². The Kier molecular flexibility index (Phi) is 3.79. The highest BCUT2D eigenvalue weighted by Crippen LogP contribution is 2.54. The zero-order valence-corrected chi connectivity index (χ0v) is 15.3. The van der Waals surface area contributed by atoms with Crippen LogP contribution in [0.2, 0.25) is 0 Å². The molecule has 5 rings (SSSR count). The molecule has 1 aromatic carbocycles. The fourth-order valence-corrected chi connectivity index (χ4v) is 4.08. The maximum absolute atomic E-state index is 12.5. The molecule has 2 aromatic heterocycles. The molecule has 7 nitrogen and oxygen atoms in total. The summed E-state index contributed by atoms with van der Waals surface area (Å²) in [6.45, 7) is 1.72. The first kappa shape index (κ1) is 16.8. The second-order valence-electron chi connectivity index (χ2n) is 7.62. The van der Waals surface area contributed by atoms with Gasteiger partial charge in [0.2, 0.25) is 0 Å². The number of hydrogen-bond donors (Lipinski definition) is 1. The van der Waals surface area contributed by atoms with E-state index in [0.717, 1.165) is 31.3 Å². The number of ether oxygens (including phenoxy) is 1. The summed E-state index contributed by atoms with van der Waals surface area (Å²) < 4.78 is 5.76. The average Bonchev–Trinajstić information content (AvgIpc) is 3.48.